The van der Waals surface area contributed by atoms with Gasteiger partial charge in [-0.3, -0.25) is 24.0 Å². The van der Waals surface area contributed by atoms with Gasteiger partial charge in [0.05, 0.1) is 17.0 Å². The minimum atomic E-state index is -0.951. The minimum Gasteiger partial charge on any atom is -0.433 e. The van der Waals surface area contributed by atoms with Crippen LogP contribution in [0.4, 0.5) is 5.69 Å². The zero-order valence-electron chi connectivity index (χ0n) is 24.1. The molecule has 224 valence electrons. The number of rotatable bonds is 9. The predicted molar refractivity (Wildman–Crippen MR) is 151 cm³/mol. The van der Waals surface area contributed by atoms with Crippen LogP contribution in [0.15, 0.2) is 18.2 Å². The lowest BCUT2D eigenvalue weighted by Crippen LogP contribution is -2.62. The third-order valence-electron chi connectivity index (χ3n) is 7.94. The van der Waals surface area contributed by atoms with Crippen molar-refractivity contribution in [3.05, 3.63) is 28.8 Å². The second kappa shape index (κ2) is 12.4. The van der Waals surface area contributed by atoms with Gasteiger partial charge in [-0.2, -0.15) is 0 Å². The summed E-state index contributed by atoms with van der Waals surface area (Å²) in [6.45, 7) is 9.35. The van der Waals surface area contributed by atoms with Gasteiger partial charge in [0.1, 0.15) is 18.1 Å². The molecule has 2 saturated heterocycles. The molecule has 1 aliphatic carbocycles. The van der Waals surface area contributed by atoms with Crippen LogP contribution in [0.2, 0.25) is 5.02 Å². The molecule has 41 heavy (non-hydrogen) atoms. The molecule has 6 atom stereocenters. The van der Waals surface area contributed by atoms with Crippen molar-refractivity contribution in [1.29, 1.82) is 0 Å². The first kappa shape index (κ1) is 30.8. The quantitative estimate of drug-likeness (QED) is 0.375. The van der Waals surface area contributed by atoms with E-state index in [1.54, 1.807) is 24.8 Å². The number of fused-ring (bicyclic) bond motifs is 2. The van der Waals surface area contributed by atoms with Gasteiger partial charge in [-0.25, -0.2) is 0 Å². The molecule has 3 unspecified atom stereocenters. The molecular weight excluding hydrogens is 552 g/mol. The topological polar surface area (TPSA) is 143 Å². The van der Waals surface area contributed by atoms with Gasteiger partial charge in [-0.1, -0.05) is 39.3 Å². The van der Waals surface area contributed by atoms with Crippen molar-refractivity contribution >= 4 is 46.9 Å². The predicted octanol–water partition coefficient (Wildman–Crippen LogP) is 3.01. The molecule has 1 saturated carbocycles. The number of anilines is 1. The lowest BCUT2D eigenvalue weighted by Gasteiger charge is -2.40. The molecule has 1 aromatic rings. The van der Waals surface area contributed by atoms with E-state index in [1.165, 1.54) is 12.1 Å². The van der Waals surface area contributed by atoms with Crippen LogP contribution in [0.5, 0.6) is 0 Å². The summed E-state index contributed by atoms with van der Waals surface area (Å²) in [4.78, 5) is 66.3. The van der Waals surface area contributed by atoms with Crippen molar-refractivity contribution in [3.63, 3.8) is 0 Å². The van der Waals surface area contributed by atoms with Crippen molar-refractivity contribution < 1.29 is 33.4 Å². The van der Waals surface area contributed by atoms with Crippen LogP contribution in [0, 0.1) is 11.3 Å². The van der Waals surface area contributed by atoms with Crippen LogP contribution < -0.4 is 16.0 Å². The van der Waals surface area contributed by atoms with Gasteiger partial charge in [0, 0.05) is 24.8 Å². The number of cyclic esters (lactones) is 1. The maximum absolute atomic E-state index is 14.2. The Balaban J connectivity index is 1.53. The fourth-order valence-electron chi connectivity index (χ4n) is 5.91. The number of esters is 1. The molecule has 11 nitrogen and oxygen atoms in total. The van der Waals surface area contributed by atoms with Gasteiger partial charge in [0.15, 0.2) is 0 Å². The smallest absolute Gasteiger partial charge is 0.310 e. The molecule has 3 N–H and O–H groups in total. The van der Waals surface area contributed by atoms with Gasteiger partial charge in [0.25, 0.3) is 5.91 Å². The van der Waals surface area contributed by atoms with Crippen LogP contribution >= 0.6 is 11.6 Å². The van der Waals surface area contributed by atoms with Gasteiger partial charge in [0.2, 0.25) is 24.0 Å². The third kappa shape index (κ3) is 6.67. The summed E-state index contributed by atoms with van der Waals surface area (Å²) >= 11 is 6.39. The molecule has 2 heterocycles. The second-order valence-corrected chi connectivity index (χ2v) is 12.3. The Bertz CT molecular complexity index is 1220. The van der Waals surface area contributed by atoms with Crippen LogP contribution in [-0.2, 0) is 28.7 Å². The maximum atomic E-state index is 14.2. The number of hydrogen-bond donors (Lipinski definition) is 3. The van der Waals surface area contributed by atoms with E-state index < -0.39 is 41.7 Å². The first-order valence-corrected chi connectivity index (χ1v) is 14.6. The van der Waals surface area contributed by atoms with Crippen LogP contribution in [0.25, 0.3) is 0 Å². The number of likely N-dealkylation sites (tertiary alicyclic amines) is 1. The highest BCUT2D eigenvalue weighted by atomic mass is 35.5. The Morgan fingerprint density at radius 1 is 1.17 bits per heavy atom. The first-order chi connectivity index (χ1) is 19.3. The van der Waals surface area contributed by atoms with Crippen molar-refractivity contribution in [2.75, 3.05) is 11.9 Å². The Hall–Kier alpha value is -3.18. The van der Waals surface area contributed by atoms with Crippen LogP contribution in [-0.4, -0.2) is 71.6 Å². The van der Waals surface area contributed by atoms with Gasteiger partial charge < -0.3 is 30.3 Å². The average molecular weight is 591 g/mol. The van der Waals surface area contributed by atoms with Crippen molar-refractivity contribution in [1.82, 2.24) is 15.5 Å². The van der Waals surface area contributed by atoms with Crippen molar-refractivity contribution in [2.24, 2.45) is 11.3 Å². The Kier molecular flexibility index (Phi) is 9.28. The molecule has 0 spiro atoms. The number of halogens is 1. The number of hydrogen-bond acceptors (Lipinski definition) is 7. The number of nitrogens with zero attached hydrogens (tertiary/aromatic N) is 1. The SMILES string of the molecule is CCO[C@@H]1OC(=O)CC1NC(=O)C1[C@H]2CCC(C2)N1C(=O)[C@@H](NC(=O)c1ccc(NC(=O)CC)cc1Cl)C(C)(C)C. The summed E-state index contributed by atoms with van der Waals surface area (Å²) in [5, 5.41) is 8.59. The summed E-state index contributed by atoms with van der Waals surface area (Å²) in [7, 11) is 0. The highest BCUT2D eigenvalue weighted by molar-refractivity contribution is 6.34. The van der Waals surface area contributed by atoms with Gasteiger partial charge in [-0.15, -0.1) is 0 Å². The van der Waals surface area contributed by atoms with E-state index in [0.717, 1.165) is 12.8 Å². The molecular formula is C29H39ClN4O7. The molecule has 0 aromatic heterocycles. The molecule has 1 aromatic carbocycles. The van der Waals surface area contributed by atoms with Gasteiger partial charge in [-0.05, 0) is 55.7 Å². The van der Waals surface area contributed by atoms with E-state index in [2.05, 4.69) is 16.0 Å². The average Bonchev–Trinajstić information content (AvgIpc) is 3.61. The lowest BCUT2D eigenvalue weighted by molar-refractivity contribution is -0.165. The molecule has 0 radical (unpaired) electrons. The highest BCUT2D eigenvalue weighted by Gasteiger charge is 2.54. The maximum Gasteiger partial charge on any atom is 0.310 e. The zero-order chi connectivity index (χ0) is 30.1. The van der Waals surface area contributed by atoms with E-state index in [9.17, 15) is 24.0 Å². The van der Waals surface area contributed by atoms with Gasteiger partial charge >= 0.3 is 5.97 Å². The third-order valence-corrected chi connectivity index (χ3v) is 8.25. The number of carbonyl (C=O) groups is 5. The molecule has 2 bridgehead atoms. The summed E-state index contributed by atoms with van der Waals surface area (Å²) in [5.74, 6) is -1.90. The number of benzene rings is 1. The number of piperidine rings is 1. The van der Waals surface area contributed by atoms with E-state index in [-0.39, 0.29) is 46.7 Å². The zero-order valence-corrected chi connectivity index (χ0v) is 24.9. The minimum absolute atomic E-state index is 0.00643. The molecule has 3 aliphatic rings. The Morgan fingerprint density at radius 2 is 1.90 bits per heavy atom. The Labute approximate surface area is 245 Å². The monoisotopic (exact) mass is 590 g/mol. The van der Waals surface area contributed by atoms with E-state index in [1.807, 2.05) is 20.8 Å². The summed E-state index contributed by atoms with van der Waals surface area (Å²) in [6, 6.07) is 2.12. The van der Waals surface area contributed by atoms with E-state index >= 15 is 0 Å². The number of nitrogens with one attached hydrogen (secondary N) is 3. The number of ether oxygens (including phenoxy) is 2. The molecule has 4 rings (SSSR count). The van der Waals surface area contributed by atoms with E-state index in [0.29, 0.717) is 25.1 Å². The normalized spacial score (nSPS) is 26.0. The standard InChI is InChI=1S/C29H39ClN4O7/c1-6-21(35)31-16-9-11-18(19(30)13-16)25(37)33-24(29(3,4)5)27(39)34-17-10-8-15(12-17)23(34)26(38)32-20-14-22(36)41-28(20)40-7-2/h9,11,13,15,17,20,23-24,28H,6-8,10,12,14H2,1-5H3,(H,31,35)(H,32,38)(H,33,37)/t15-,17?,20?,23?,24+,28+/m0/s1. The largest absolute Gasteiger partial charge is 0.433 e. The van der Waals surface area contributed by atoms with Crippen molar-refractivity contribution in [3.8, 4) is 0 Å². The summed E-state index contributed by atoms with van der Waals surface area (Å²) < 4.78 is 10.7. The van der Waals surface area contributed by atoms with E-state index in [4.69, 9.17) is 21.1 Å². The lowest BCUT2D eigenvalue weighted by atomic mass is 9.84. The number of carbonyl (C=O) groups excluding carboxylic acids is 5. The molecule has 3 fully saturated rings. The molecule has 4 amide bonds. The second-order valence-electron chi connectivity index (χ2n) is 11.9. The highest BCUT2D eigenvalue weighted by Crippen LogP contribution is 2.44. The van der Waals surface area contributed by atoms with Crippen LogP contribution in [0.3, 0.4) is 0 Å². The number of amides is 4. The summed E-state index contributed by atoms with van der Waals surface area (Å²) in [6.07, 6.45) is 1.70. The molecule has 2 aliphatic heterocycles. The molecule has 12 heteroatoms. The Morgan fingerprint density at radius 3 is 2.54 bits per heavy atom. The fourth-order valence-corrected chi connectivity index (χ4v) is 6.18. The fraction of sp³-hybridized carbons (Fsp3) is 0.621. The first-order valence-electron chi connectivity index (χ1n) is 14.2. The van der Waals surface area contributed by atoms with Crippen molar-refractivity contribution in [2.45, 2.75) is 97.2 Å². The summed E-state index contributed by atoms with van der Waals surface area (Å²) in [5.41, 5.74) is -0.0684. The van der Waals surface area contributed by atoms with Crippen LogP contribution in [0.1, 0.15) is 77.1 Å².